The van der Waals surface area contributed by atoms with Crippen molar-refractivity contribution in [2.24, 2.45) is 5.41 Å². The van der Waals surface area contributed by atoms with E-state index in [1.165, 1.54) is 19.3 Å². The third-order valence-electron chi connectivity index (χ3n) is 4.14. The quantitative estimate of drug-likeness (QED) is 0.737. The molecule has 2 fully saturated rings. The van der Waals surface area contributed by atoms with Crippen molar-refractivity contribution in [2.45, 2.75) is 51.5 Å². The van der Waals surface area contributed by atoms with Gasteiger partial charge in [0, 0.05) is 18.0 Å². The van der Waals surface area contributed by atoms with Gasteiger partial charge in [0.1, 0.15) is 0 Å². The Bertz CT molecular complexity index is 224. The van der Waals surface area contributed by atoms with Crippen LogP contribution in [-0.2, 0) is 4.79 Å². The molecule has 3 heteroatoms. The molecular formula is C12H22N2O. The molecule has 1 heterocycles. The van der Waals surface area contributed by atoms with Crippen LogP contribution in [0.3, 0.4) is 0 Å². The van der Waals surface area contributed by atoms with Gasteiger partial charge in [0.2, 0.25) is 5.91 Å². The summed E-state index contributed by atoms with van der Waals surface area (Å²) in [5, 5.41) is 6.52. The van der Waals surface area contributed by atoms with Gasteiger partial charge >= 0.3 is 0 Å². The van der Waals surface area contributed by atoms with Crippen LogP contribution in [0.4, 0.5) is 0 Å². The first-order valence-electron chi connectivity index (χ1n) is 6.28. The normalized spacial score (nSPS) is 28.5. The average Bonchev–Trinajstić information content (AvgIpc) is 2.66. The molecule has 0 aromatic heterocycles. The van der Waals surface area contributed by atoms with Crippen molar-refractivity contribution in [3.05, 3.63) is 0 Å². The Morgan fingerprint density at radius 3 is 2.73 bits per heavy atom. The van der Waals surface area contributed by atoms with E-state index in [9.17, 15) is 4.79 Å². The van der Waals surface area contributed by atoms with Gasteiger partial charge in [-0.3, -0.25) is 4.79 Å². The minimum absolute atomic E-state index is 0.00138. The number of nitrogens with one attached hydrogen (secondary N) is 2. The van der Waals surface area contributed by atoms with Crippen molar-refractivity contribution in [2.75, 3.05) is 13.1 Å². The van der Waals surface area contributed by atoms with Crippen molar-refractivity contribution < 1.29 is 4.79 Å². The van der Waals surface area contributed by atoms with Gasteiger partial charge in [-0.25, -0.2) is 0 Å². The summed E-state index contributed by atoms with van der Waals surface area (Å²) in [5.41, 5.74) is -0.00138. The van der Waals surface area contributed by atoms with Crippen LogP contribution in [0, 0.1) is 5.41 Å². The summed E-state index contributed by atoms with van der Waals surface area (Å²) in [6.45, 7) is 4.06. The predicted octanol–water partition coefficient (Wildman–Crippen LogP) is 1.43. The Hall–Kier alpha value is -0.570. The molecule has 0 aromatic rings. The van der Waals surface area contributed by atoms with Crippen LogP contribution in [0.5, 0.6) is 0 Å². The Balaban J connectivity index is 1.76. The number of rotatable bonds is 4. The maximum absolute atomic E-state index is 12.0. The summed E-state index contributed by atoms with van der Waals surface area (Å²) in [7, 11) is 0. The van der Waals surface area contributed by atoms with Crippen molar-refractivity contribution in [1.82, 2.24) is 10.6 Å². The highest BCUT2D eigenvalue weighted by atomic mass is 16.2. The first-order chi connectivity index (χ1) is 7.27. The Kier molecular flexibility index (Phi) is 3.29. The van der Waals surface area contributed by atoms with Gasteiger partial charge in [-0.2, -0.15) is 0 Å². The predicted molar refractivity (Wildman–Crippen MR) is 60.6 cm³/mol. The highest BCUT2D eigenvalue weighted by Crippen LogP contribution is 2.43. The number of carbonyl (C=O) groups is 1. The molecule has 3 nitrogen and oxygen atoms in total. The van der Waals surface area contributed by atoms with E-state index in [4.69, 9.17) is 0 Å². The summed E-state index contributed by atoms with van der Waals surface area (Å²) >= 11 is 0. The third-order valence-corrected chi connectivity index (χ3v) is 4.14. The molecule has 2 N–H and O–H groups in total. The van der Waals surface area contributed by atoms with Crippen LogP contribution in [0.25, 0.3) is 0 Å². The summed E-state index contributed by atoms with van der Waals surface area (Å²) in [6.07, 6.45) is 6.86. The third kappa shape index (κ3) is 2.17. The molecule has 1 aliphatic carbocycles. The number of carbonyl (C=O) groups excluding carboxylic acids is 1. The van der Waals surface area contributed by atoms with E-state index in [0.717, 1.165) is 32.4 Å². The van der Waals surface area contributed by atoms with Crippen LogP contribution in [0.1, 0.15) is 45.4 Å². The van der Waals surface area contributed by atoms with Gasteiger partial charge in [0.15, 0.2) is 0 Å². The van der Waals surface area contributed by atoms with Crippen molar-refractivity contribution in [1.29, 1.82) is 0 Å². The molecule has 1 saturated heterocycles. The maximum Gasteiger partial charge on any atom is 0.226 e. The largest absolute Gasteiger partial charge is 0.354 e. The molecule has 1 amide bonds. The van der Waals surface area contributed by atoms with Gasteiger partial charge in [0.25, 0.3) is 0 Å². The molecular weight excluding hydrogens is 188 g/mol. The van der Waals surface area contributed by atoms with E-state index in [2.05, 4.69) is 17.6 Å². The number of hydrogen-bond acceptors (Lipinski definition) is 2. The molecule has 0 aromatic carbocycles. The lowest BCUT2D eigenvalue weighted by Crippen LogP contribution is -2.48. The SMILES string of the molecule is CCC1(C(=O)NCC2CCCN2)CCC1. The smallest absolute Gasteiger partial charge is 0.226 e. The van der Waals surface area contributed by atoms with E-state index >= 15 is 0 Å². The molecule has 86 valence electrons. The molecule has 1 aliphatic heterocycles. The fourth-order valence-corrected chi connectivity index (χ4v) is 2.68. The minimum Gasteiger partial charge on any atom is -0.354 e. The van der Waals surface area contributed by atoms with E-state index in [0.29, 0.717) is 11.9 Å². The maximum atomic E-state index is 12.0. The molecule has 15 heavy (non-hydrogen) atoms. The highest BCUT2D eigenvalue weighted by molar-refractivity contribution is 5.83. The van der Waals surface area contributed by atoms with Gasteiger partial charge in [-0.1, -0.05) is 13.3 Å². The van der Waals surface area contributed by atoms with E-state index in [1.807, 2.05) is 0 Å². The Morgan fingerprint density at radius 1 is 1.47 bits per heavy atom. The molecule has 2 rings (SSSR count). The van der Waals surface area contributed by atoms with Crippen LogP contribution in [0.2, 0.25) is 0 Å². The van der Waals surface area contributed by atoms with Crippen LogP contribution < -0.4 is 10.6 Å². The summed E-state index contributed by atoms with van der Waals surface area (Å²) in [6, 6.07) is 0.517. The lowest BCUT2D eigenvalue weighted by atomic mass is 9.66. The van der Waals surface area contributed by atoms with E-state index < -0.39 is 0 Å². The fourth-order valence-electron chi connectivity index (χ4n) is 2.68. The second-order valence-corrected chi connectivity index (χ2v) is 4.99. The topological polar surface area (TPSA) is 41.1 Å². The molecule has 1 saturated carbocycles. The summed E-state index contributed by atoms with van der Waals surface area (Å²) in [5.74, 6) is 0.296. The average molecular weight is 210 g/mol. The van der Waals surface area contributed by atoms with Gasteiger partial charge in [0.05, 0.1) is 0 Å². The van der Waals surface area contributed by atoms with Crippen LogP contribution in [-0.4, -0.2) is 25.0 Å². The van der Waals surface area contributed by atoms with Gasteiger partial charge < -0.3 is 10.6 Å². The minimum atomic E-state index is -0.00138. The molecule has 2 aliphatic rings. The van der Waals surface area contributed by atoms with Crippen molar-refractivity contribution >= 4 is 5.91 Å². The summed E-state index contributed by atoms with van der Waals surface area (Å²) < 4.78 is 0. The molecule has 1 atom stereocenters. The number of amides is 1. The summed E-state index contributed by atoms with van der Waals surface area (Å²) in [4.78, 5) is 12.0. The van der Waals surface area contributed by atoms with Crippen LogP contribution >= 0.6 is 0 Å². The lowest BCUT2D eigenvalue weighted by Gasteiger charge is -2.39. The molecule has 0 bridgehead atoms. The Morgan fingerprint density at radius 2 is 2.27 bits per heavy atom. The van der Waals surface area contributed by atoms with Crippen LogP contribution in [0.15, 0.2) is 0 Å². The first-order valence-corrected chi connectivity index (χ1v) is 6.28. The second-order valence-electron chi connectivity index (χ2n) is 4.99. The van der Waals surface area contributed by atoms with E-state index in [-0.39, 0.29) is 5.41 Å². The molecule has 0 spiro atoms. The standard InChI is InChI=1S/C12H22N2O/c1-2-12(6-4-7-12)11(15)14-9-10-5-3-8-13-10/h10,13H,2-9H2,1H3,(H,14,15). The zero-order chi connectivity index (χ0) is 10.7. The molecule has 0 radical (unpaired) electrons. The van der Waals surface area contributed by atoms with Gasteiger partial charge in [-0.15, -0.1) is 0 Å². The van der Waals surface area contributed by atoms with E-state index in [1.54, 1.807) is 0 Å². The number of hydrogen-bond donors (Lipinski definition) is 2. The van der Waals surface area contributed by atoms with Crippen molar-refractivity contribution in [3.8, 4) is 0 Å². The Labute approximate surface area is 92.0 Å². The monoisotopic (exact) mass is 210 g/mol. The molecule has 1 unspecified atom stereocenters. The van der Waals surface area contributed by atoms with Gasteiger partial charge in [-0.05, 0) is 38.6 Å². The zero-order valence-electron chi connectivity index (χ0n) is 9.64. The fraction of sp³-hybridized carbons (Fsp3) is 0.917. The highest BCUT2D eigenvalue weighted by Gasteiger charge is 2.42. The second kappa shape index (κ2) is 4.52. The van der Waals surface area contributed by atoms with Crippen molar-refractivity contribution in [3.63, 3.8) is 0 Å². The lowest BCUT2D eigenvalue weighted by molar-refractivity contribution is -0.136. The first kappa shape index (κ1) is 10.9. The zero-order valence-corrected chi connectivity index (χ0v) is 9.64.